The highest BCUT2D eigenvalue weighted by Crippen LogP contribution is 2.42. The molecule has 0 bridgehead atoms. The Kier molecular flexibility index (Phi) is 6.29. The summed E-state index contributed by atoms with van der Waals surface area (Å²) in [5, 5.41) is 3.09. The second-order valence-corrected chi connectivity index (χ2v) is 8.96. The van der Waals surface area contributed by atoms with E-state index in [2.05, 4.69) is 15.3 Å². The summed E-state index contributed by atoms with van der Waals surface area (Å²) in [7, 11) is 7.02. The topological polar surface area (TPSA) is 84.1 Å². The molecule has 1 fully saturated rings. The number of nitrogens with zero attached hydrogens (tertiary/aromatic N) is 4. The lowest BCUT2D eigenvalue weighted by Crippen LogP contribution is -2.68. The van der Waals surface area contributed by atoms with E-state index < -0.39 is 17.9 Å². The van der Waals surface area contributed by atoms with Crippen LogP contribution in [0.15, 0.2) is 30.5 Å². The number of carbonyl (C=O) groups excluding carboxylic acids is 1. The van der Waals surface area contributed by atoms with Gasteiger partial charge in [0.15, 0.2) is 11.9 Å². The summed E-state index contributed by atoms with van der Waals surface area (Å²) in [5.74, 6) is -3.18. The summed E-state index contributed by atoms with van der Waals surface area (Å²) >= 11 is 0. The van der Waals surface area contributed by atoms with Crippen molar-refractivity contribution in [3.8, 4) is 0 Å². The van der Waals surface area contributed by atoms with Crippen LogP contribution >= 0.6 is 0 Å². The lowest BCUT2D eigenvalue weighted by molar-refractivity contribution is -0.119. The van der Waals surface area contributed by atoms with E-state index in [1.807, 2.05) is 50.2 Å². The molecule has 7 nitrogen and oxygen atoms in total. The van der Waals surface area contributed by atoms with Crippen LogP contribution in [-0.2, 0) is 0 Å². The van der Waals surface area contributed by atoms with E-state index in [9.17, 15) is 4.79 Å². The first-order valence-corrected chi connectivity index (χ1v) is 10.3. The first-order valence-electron chi connectivity index (χ1n) is 10.3. The van der Waals surface area contributed by atoms with Crippen LogP contribution in [0.25, 0.3) is 0 Å². The zero-order valence-electron chi connectivity index (χ0n) is 18.7. The molecule has 1 aliphatic carbocycles. The van der Waals surface area contributed by atoms with Crippen molar-refractivity contribution in [1.82, 2.24) is 19.4 Å². The Bertz CT molecular complexity index is 946. The number of nitrogens with one attached hydrogen (secondary N) is 1. The van der Waals surface area contributed by atoms with Gasteiger partial charge in [-0.15, -0.1) is 0 Å². The maximum atomic E-state index is 15.2. The number of benzene rings is 1. The highest BCUT2D eigenvalue weighted by molar-refractivity contribution is 5.98. The van der Waals surface area contributed by atoms with Crippen LogP contribution in [-0.4, -0.2) is 67.0 Å². The third-order valence-corrected chi connectivity index (χ3v) is 6.04. The van der Waals surface area contributed by atoms with Gasteiger partial charge in [0, 0.05) is 12.1 Å². The molecule has 31 heavy (non-hydrogen) atoms. The Balaban J connectivity index is 2.06. The zero-order chi connectivity index (χ0) is 23.0. The molecular weight excluding hydrogens is 402 g/mol. The monoisotopic (exact) mass is 433 g/mol. The predicted molar refractivity (Wildman–Crippen MR) is 119 cm³/mol. The van der Waals surface area contributed by atoms with E-state index in [0.717, 1.165) is 5.56 Å². The van der Waals surface area contributed by atoms with Gasteiger partial charge in [0.05, 0.1) is 26.3 Å². The summed E-state index contributed by atoms with van der Waals surface area (Å²) in [5.41, 5.74) is 7.39. The second-order valence-electron chi connectivity index (χ2n) is 8.96. The molecule has 2 atom stereocenters. The Hall–Kier alpha value is -2.65. The average molecular weight is 434 g/mol. The van der Waals surface area contributed by atoms with E-state index >= 15 is 8.78 Å². The molecule has 3 N–H and O–H groups in total. The zero-order valence-corrected chi connectivity index (χ0v) is 18.7. The van der Waals surface area contributed by atoms with Gasteiger partial charge in [0.2, 0.25) is 0 Å². The highest BCUT2D eigenvalue weighted by atomic mass is 19.3. The van der Waals surface area contributed by atoms with Crippen molar-refractivity contribution < 1.29 is 13.6 Å². The molecule has 1 aromatic heterocycles. The number of carbonyl (C=O) groups is 1. The van der Waals surface area contributed by atoms with Crippen LogP contribution in [0.4, 0.5) is 26.2 Å². The molecule has 1 amide bonds. The van der Waals surface area contributed by atoms with Crippen LogP contribution in [0.1, 0.15) is 35.2 Å². The Labute approximate surface area is 181 Å². The molecule has 3 rings (SSSR count). The number of nitrogens with two attached hydrogens (primary N) is 1. The molecule has 1 heterocycles. The summed E-state index contributed by atoms with van der Waals surface area (Å²) in [6, 6.07) is 6.14. The second kappa shape index (κ2) is 8.47. The molecule has 1 aliphatic rings. The first-order chi connectivity index (χ1) is 14.4. The van der Waals surface area contributed by atoms with Gasteiger partial charge >= 0.3 is 11.9 Å². The van der Waals surface area contributed by atoms with Crippen LogP contribution in [0.5, 0.6) is 0 Å². The van der Waals surface area contributed by atoms with Crippen LogP contribution < -0.4 is 15.5 Å². The highest BCUT2D eigenvalue weighted by Gasteiger charge is 2.58. The summed E-state index contributed by atoms with van der Waals surface area (Å²) < 4.78 is 30.1. The molecule has 2 unspecified atom stereocenters. The van der Waals surface area contributed by atoms with Crippen LogP contribution in [0.2, 0.25) is 0 Å². The minimum absolute atomic E-state index is 0.101. The third-order valence-electron chi connectivity index (χ3n) is 6.04. The van der Waals surface area contributed by atoms with Crippen molar-refractivity contribution in [2.75, 3.05) is 33.5 Å². The molecule has 0 saturated heterocycles. The normalized spacial score (nSPS) is 21.2. The van der Waals surface area contributed by atoms with Gasteiger partial charge in [-0.3, -0.25) is 9.28 Å². The van der Waals surface area contributed by atoms with Crippen molar-refractivity contribution in [2.24, 2.45) is 5.73 Å². The van der Waals surface area contributed by atoms with Gasteiger partial charge in [-0.25, -0.2) is 0 Å². The predicted octanol–water partition coefficient (Wildman–Crippen LogP) is 3.31. The van der Waals surface area contributed by atoms with Gasteiger partial charge in [-0.05, 0) is 46.0 Å². The van der Waals surface area contributed by atoms with E-state index in [1.165, 1.54) is 6.20 Å². The van der Waals surface area contributed by atoms with E-state index in [0.29, 0.717) is 18.5 Å². The summed E-state index contributed by atoms with van der Waals surface area (Å²) in [4.78, 5) is 22.6. The SMILES string of the molecule is Cc1ccc(Nc2nc([N+](C)(C)C3C(N(C)C)CCCC3(F)F)ncc2C(N)=O)cc1. The van der Waals surface area contributed by atoms with Gasteiger partial charge in [0.1, 0.15) is 5.56 Å². The number of hydrogen-bond acceptors (Lipinski definition) is 5. The number of aryl methyl sites for hydroxylation is 1. The number of likely N-dealkylation sites (N-methyl/N-ethyl adjacent to an activating group) is 2. The minimum Gasteiger partial charge on any atom is -0.365 e. The standard InChI is InChI=1S/C22H30F2N6O/c1-14-8-10-15(11-9-14)27-20-16(19(25)31)13-26-21(28-20)30(4,5)18-17(29(2)3)7-6-12-22(18,23)24/h8-11,13,17-18H,6-7,12H2,1-5H3,(H2-,25,26,27,28,31)/p+1. The lowest BCUT2D eigenvalue weighted by atomic mass is 9.84. The smallest absolute Gasteiger partial charge is 0.330 e. The first kappa shape index (κ1) is 23.0. The fourth-order valence-corrected chi connectivity index (χ4v) is 4.40. The van der Waals surface area contributed by atoms with Crippen LogP contribution in [0, 0.1) is 6.92 Å². The van der Waals surface area contributed by atoms with Crippen LogP contribution in [0.3, 0.4) is 0 Å². The molecule has 9 heteroatoms. The van der Waals surface area contributed by atoms with Gasteiger partial charge in [-0.1, -0.05) is 17.7 Å². The number of halogens is 2. The van der Waals surface area contributed by atoms with Crippen molar-refractivity contribution in [2.45, 2.75) is 44.2 Å². The maximum Gasteiger partial charge on any atom is 0.330 e. The molecule has 0 aliphatic heterocycles. The van der Waals surface area contributed by atoms with Crippen molar-refractivity contribution in [1.29, 1.82) is 0 Å². The summed E-state index contributed by atoms with van der Waals surface area (Å²) in [6.45, 7) is 1.97. The molecule has 1 saturated carbocycles. The fraction of sp³-hybridized carbons (Fsp3) is 0.500. The van der Waals surface area contributed by atoms with Crippen molar-refractivity contribution >= 4 is 23.4 Å². The number of alkyl halides is 2. The molecule has 0 spiro atoms. The number of amides is 1. The third kappa shape index (κ3) is 4.67. The number of quaternary nitrogens is 1. The molecular formula is C22H31F2N6O+. The Morgan fingerprint density at radius 2 is 1.90 bits per heavy atom. The molecule has 2 aromatic rings. The molecule has 0 radical (unpaired) electrons. The summed E-state index contributed by atoms with van der Waals surface area (Å²) in [6.07, 6.45) is 2.28. The number of primary amides is 1. The fourth-order valence-electron chi connectivity index (χ4n) is 4.40. The number of rotatable bonds is 6. The molecule has 168 valence electrons. The average Bonchev–Trinajstić information content (AvgIpc) is 2.68. The van der Waals surface area contributed by atoms with Gasteiger partial charge in [0.25, 0.3) is 5.91 Å². The quantitative estimate of drug-likeness (QED) is 0.683. The molecule has 1 aromatic carbocycles. The lowest BCUT2D eigenvalue weighted by Gasteiger charge is -2.47. The van der Waals surface area contributed by atoms with E-state index in [1.54, 1.807) is 14.1 Å². The van der Waals surface area contributed by atoms with E-state index in [-0.39, 0.29) is 34.3 Å². The number of hydrogen-bond donors (Lipinski definition) is 2. The Morgan fingerprint density at radius 1 is 1.26 bits per heavy atom. The van der Waals surface area contributed by atoms with Crippen molar-refractivity contribution in [3.63, 3.8) is 0 Å². The number of anilines is 2. The van der Waals surface area contributed by atoms with Gasteiger partial charge in [-0.2, -0.15) is 18.7 Å². The van der Waals surface area contributed by atoms with E-state index in [4.69, 9.17) is 5.73 Å². The van der Waals surface area contributed by atoms with Crippen molar-refractivity contribution in [3.05, 3.63) is 41.6 Å². The Morgan fingerprint density at radius 3 is 2.48 bits per heavy atom. The maximum absolute atomic E-state index is 15.2. The minimum atomic E-state index is -2.88. The largest absolute Gasteiger partial charge is 0.365 e. The number of aromatic nitrogens is 2. The van der Waals surface area contributed by atoms with Gasteiger partial charge < -0.3 is 16.0 Å².